The summed E-state index contributed by atoms with van der Waals surface area (Å²) in [7, 11) is 0. The van der Waals surface area contributed by atoms with Crippen LogP contribution in [0, 0.1) is 5.92 Å². The second kappa shape index (κ2) is 7.21. The smallest absolute Gasteiger partial charge is 0.322 e. The quantitative estimate of drug-likeness (QED) is 0.586. The maximum absolute atomic E-state index is 11.6. The van der Waals surface area contributed by atoms with Crippen molar-refractivity contribution in [3.63, 3.8) is 0 Å². The van der Waals surface area contributed by atoms with Crippen molar-refractivity contribution in [2.75, 3.05) is 0 Å². The first-order valence-electron chi connectivity index (χ1n) is 7.32. The molecule has 6 nitrogen and oxygen atoms in total. The largest absolute Gasteiger partial charge is 0.481 e. The SMILES string of the molecule is CC1(C)S[C@H]([C@H](C(=O)O)[C@H](O)CCc2cccs2)N[C@H]1C(=O)O. The molecule has 8 heteroatoms. The molecule has 0 aromatic carbocycles. The van der Waals surface area contributed by atoms with E-state index in [1.54, 1.807) is 25.2 Å². The molecule has 0 amide bonds. The summed E-state index contributed by atoms with van der Waals surface area (Å²) in [4.78, 5) is 24.0. The number of rotatable bonds is 7. The molecule has 0 bridgehead atoms. The average Bonchev–Trinajstić information content (AvgIpc) is 3.03. The monoisotopic (exact) mass is 359 g/mol. The Labute approximate surface area is 142 Å². The Bertz CT molecular complexity index is 560. The van der Waals surface area contributed by atoms with Crippen molar-refractivity contribution < 1.29 is 24.9 Å². The second-order valence-corrected chi connectivity index (χ2v) is 8.96. The predicted octanol–water partition coefficient (Wildman–Crippen LogP) is 1.64. The van der Waals surface area contributed by atoms with Crippen LogP contribution in [0.3, 0.4) is 0 Å². The number of thioether (sulfide) groups is 1. The zero-order valence-corrected chi connectivity index (χ0v) is 14.6. The van der Waals surface area contributed by atoms with Crippen molar-refractivity contribution in [1.29, 1.82) is 0 Å². The lowest BCUT2D eigenvalue weighted by Crippen LogP contribution is -2.48. The van der Waals surface area contributed by atoms with E-state index in [9.17, 15) is 24.9 Å². The van der Waals surface area contributed by atoms with Gasteiger partial charge in [-0.2, -0.15) is 0 Å². The fourth-order valence-electron chi connectivity index (χ4n) is 2.76. The molecule has 23 heavy (non-hydrogen) atoms. The van der Waals surface area contributed by atoms with Gasteiger partial charge in [0.05, 0.1) is 11.5 Å². The lowest BCUT2D eigenvalue weighted by Gasteiger charge is -2.25. The Morgan fingerprint density at radius 3 is 2.57 bits per heavy atom. The van der Waals surface area contributed by atoms with Gasteiger partial charge in [-0.1, -0.05) is 6.07 Å². The highest BCUT2D eigenvalue weighted by atomic mass is 32.2. The first kappa shape index (κ1) is 18.3. The molecule has 1 aromatic rings. The van der Waals surface area contributed by atoms with Crippen molar-refractivity contribution in [3.8, 4) is 0 Å². The lowest BCUT2D eigenvalue weighted by atomic mass is 9.96. The van der Waals surface area contributed by atoms with E-state index < -0.39 is 40.1 Å². The van der Waals surface area contributed by atoms with E-state index in [-0.39, 0.29) is 0 Å². The van der Waals surface area contributed by atoms with Gasteiger partial charge in [-0.25, -0.2) is 0 Å². The highest BCUT2D eigenvalue weighted by Gasteiger charge is 2.50. The number of thiophene rings is 1. The van der Waals surface area contributed by atoms with E-state index in [2.05, 4.69) is 5.32 Å². The van der Waals surface area contributed by atoms with Gasteiger partial charge in [0.2, 0.25) is 0 Å². The highest BCUT2D eigenvalue weighted by Crippen LogP contribution is 2.42. The number of hydrogen-bond donors (Lipinski definition) is 4. The molecule has 0 radical (unpaired) electrons. The molecule has 0 aliphatic carbocycles. The van der Waals surface area contributed by atoms with Crippen LogP contribution in [0.4, 0.5) is 0 Å². The molecule has 4 N–H and O–H groups in total. The molecule has 2 heterocycles. The fourth-order valence-corrected chi connectivity index (χ4v) is 5.09. The van der Waals surface area contributed by atoms with Crippen LogP contribution in [0.25, 0.3) is 0 Å². The number of aliphatic hydroxyl groups excluding tert-OH is 1. The fraction of sp³-hybridized carbons (Fsp3) is 0.600. The summed E-state index contributed by atoms with van der Waals surface area (Å²) >= 11 is 2.83. The van der Waals surface area contributed by atoms with E-state index >= 15 is 0 Å². The van der Waals surface area contributed by atoms with Crippen LogP contribution >= 0.6 is 23.1 Å². The van der Waals surface area contributed by atoms with Gasteiger partial charge in [-0.05, 0) is 38.1 Å². The van der Waals surface area contributed by atoms with Crippen LogP contribution in [0.5, 0.6) is 0 Å². The Kier molecular flexibility index (Phi) is 5.72. The van der Waals surface area contributed by atoms with Crippen LogP contribution in [0.15, 0.2) is 17.5 Å². The van der Waals surface area contributed by atoms with Crippen LogP contribution < -0.4 is 5.32 Å². The van der Waals surface area contributed by atoms with E-state index in [1.807, 2.05) is 17.5 Å². The molecule has 128 valence electrons. The van der Waals surface area contributed by atoms with Crippen LogP contribution in [-0.2, 0) is 16.0 Å². The topological polar surface area (TPSA) is 107 Å². The van der Waals surface area contributed by atoms with Gasteiger partial charge in [0.1, 0.15) is 12.0 Å². The Balaban J connectivity index is 2.06. The molecule has 0 saturated carbocycles. The van der Waals surface area contributed by atoms with Crippen LogP contribution in [0.1, 0.15) is 25.1 Å². The third kappa shape index (κ3) is 4.26. The van der Waals surface area contributed by atoms with Crippen molar-refractivity contribution >= 4 is 35.0 Å². The molecule has 1 aliphatic rings. The first-order valence-corrected chi connectivity index (χ1v) is 9.08. The molecule has 4 atom stereocenters. The second-order valence-electron chi connectivity index (χ2n) is 6.13. The number of aryl methyl sites for hydroxylation is 1. The third-order valence-corrected chi connectivity index (χ3v) is 6.46. The highest BCUT2D eigenvalue weighted by molar-refractivity contribution is 8.01. The van der Waals surface area contributed by atoms with Gasteiger partial charge in [-0.3, -0.25) is 14.9 Å². The summed E-state index contributed by atoms with van der Waals surface area (Å²) in [5.74, 6) is -3.18. The van der Waals surface area contributed by atoms with Gasteiger partial charge >= 0.3 is 11.9 Å². The number of carboxylic acid groups (broad SMARTS) is 2. The van der Waals surface area contributed by atoms with Crippen LogP contribution in [0.2, 0.25) is 0 Å². The molecule has 0 unspecified atom stereocenters. The standard InChI is InChI=1S/C15H21NO5S2/c1-15(2)11(14(20)21)16-12(23-15)10(13(18)19)9(17)6-5-8-4-3-7-22-8/h3-4,7,9-12,16-17H,5-6H2,1-2H3,(H,18,19)(H,20,21)/t9-,10-,11+,12-/m1/s1. The number of aliphatic carboxylic acids is 2. The van der Waals surface area contributed by atoms with Gasteiger partial charge < -0.3 is 15.3 Å². The molecular weight excluding hydrogens is 338 g/mol. The van der Waals surface area contributed by atoms with Gasteiger partial charge in [0.15, 0.2) is 0 Å². The maximum Gasteiger partial charge on any atom is 0.322 e. The molecule has 1 aromatic heterocycles. The number of carbonyl (C=O) groups is 2. The summed E-state index contributed by atoms with van der Waals surface area (Å²) in [6.07, 6.45) is -0.108. The Morgan fingerprint density at radius 2 is 2.09 bits per heavy atom. The van der Waals surface area contributed by atoms with Crippen molar-refractivity contribution in [2.45, 2.75) is 49.0 Å². The number of carboxylic acids is 2. The Morgan fingerprint density at radius 1 is 1.39 bits per heavy atom. The molecule has 1 saturated heterocycles. The summed E-state index contributed by atoms with van der Waals surface area (Å²) in [6.45, 7) is 3.53. The average molecular weight is 359 g/mol. The van der Waals surface area contributed by atoms with Gasteiger partial charge in [0, 0.05) is 9.62 Å². The summed E-state index contributed by atoms with van der Waals surface area (Å²) in [5.41, 5.74) is 0. The van der Waals surface area contributed by atoms with Crippen LogP contribution in [-0.4, -0.2) is 49.5 Å². The maximum atomic E-state index is 11.6. The van der Waals surface area contributed by atoms with E-state index in [1.165, 1.54) is 11.8 Å². The zero-order valence-electron chi connectivity index (χ0n) is 12.9. The Hall–Kier alpha value is -1.09. The molecular formula is C15H21NO5S2. The van der Waals surface area contributed by atoms with E-state index in [4.69, 9.17) is 0 Å². The lowest BCUT2D eigenvalue weighted by molar-refractivity contribution is -0.147. The molecule has 1 fully saturated rings. The van der Waals surface area contributed by atoms with Crippen molar-refractivity contribution in [2.24, 2.45) is 5.92 Å². The number of hydrogen-bond acceptors (Lipinski definition) is 6. The van der Waals surface area contributed by atoms with Crippen molar-refractivity contribution in [3.05, 3.63) is 22.4 Å². The summed E-state index contributed by atoms with van der Waals surface area (Å²) < 4.78 is -0.641. The number of aliphatic hydroxyl groups is 1. The summed E-state index contributed by atoms with van der Waals surface area (Å²) in [5, 5.41) is 33.3. The van der Waals surface area contributed by atoms with Crippen molar-refractivity contribution in [1.82, 2.24) is 5.32 Å². The first-order chi connectivity index (χ1) is 10.7. The van der Waals surface area contributed by atoms with Gasteiger partial charge in [-0.15, -0.1) is 23.1 Å². The van der Waals surface area contributed by atoms with E-state index in [0.29, 0.717) is 12.8 Å². The molecule has 1 aliphatic heterocycles. The minimum atomic E-state index is -1.12. The van der Waals surface area contributed by atoms with E-state index in [0.717, 1.165) is 4.88 Å². The van der Waals surface area contributed by atoms with Gasteiger partial charge in [0.25, 0.3) is 0 Å². The summed E-state index contributed by atoms with van der Waals surface area (Å²) in [6, 6.07) is 3.01. The zero-order chi connectivity index (χ0) is 17.2. The molecule has 2 rings (SSSR count). The number of nitrogens with one attached hydrogen (secondary N) is 1. The normalized spacial score (nSPS) is 25.9. The predicted molar refractivity (Wildman–Crippen MR) is 89.8 cm³/mol. The minimum absolute atomic E-state index is 0.328. The minimum Gasteiger partial charge on any atom is -0.481 e. The third-order valence-electron chi connectivity index (χ3n) is 4.00. The molecule has 0 spiro atoms.